The van der Waals surface area contributed by atoms with Gasteiger partial charge in [0.2, 0.25) is 0 Å². The average Bonchev–Trinajstić information content (AvgIpc) is 2.52. The van der Waals surface area contributed by atoms with Crippen LogP contribution in [0.15, 0.2) is 48.8 Å². The minimum absolute atomic E-state index is 0. The zero-order valence-electron chi connectivity index (χ0n) is 13.9. The van der Waals surface area contributed by atoms with E-state index >= 15 is 0 Å². The van der Waals surface area contributed by atoms with Crippen LogP contribution in [0, 0.1) is 6.92 Å². The molecule has 1 nitrogen and oxygen atoms in total. The number of pyridine rings is 1. The monoisotopic (exact) mass is 361 g/mol. The lowest BCUT2D eigenvalue weighted by Crippen LogP contribution is -3.00. The van der Waals surface area contributed by atoms with Crippen molar-refractivity contribution in [3.8, 4) is 0 Å². The van der Waals surface area contributed by atoms with Gasteiger partial charge in [-0.25, -0.2) is 4.57 Å². The summed E-state index contributed by atoms with van der Waals surface area (Å²) in [4.78, 5) is 0. The van der Waals surface area contributed by atoms with Gasteiger partial charge in [0.1, 0.15) is 6.54 Å². The lowest BCUT2D eigenvalue weighted by Gasteiger charge is -2.03. The number of halogens is 1. The molecule has 0 unspecified atom stereocenters. The first-order valence-electron chi connectivity index (χ1n) is 8.31. The number of nitrogens with zero attached hydrogens (tertiary/aromatic N) is 1. The number of unbranched alkanes of at least 4 members (excludes halogenated alkanes) is 2. The first kappa shape index (κ1) is 18.9. The van der Waals surface area contributed by atoms with Crippen LogP contribution in [0.1, 0.15) is 49.3 Å². The molecule has 120 valence electrons. The van der Waals surface area contributed by atoms with Gasteiger partial charge < -0.3 is 17.0 Å². The van der Waals surface area contributed by atoms with Gasteiger partial charge in [-0.05, 0) is 49.3 Å². The van der Waals surface area contributed by atoms with E-state index in [0.717, 1.165) is 6.54 Å². The van der Waals surface area contributed by atoms with Gasteiger partial charge in [0.15, 0.2) is 12.4 Å². The quantitative estimate of drug-likeness (QED) is 0.497. The van der Waals surface area contributed by atoms with Crippen LogP contribution in [0.5, 0.6) is 0 Å². The third-order valence-corrected chi connectivity index (χ3v) is 4.03. The molecule has 0 aliphatic carbocycles. The molecule has 0 saturated heterocycles. The summed E-state index contributed by atoms with van der Waals surface area (Å²) in [6.45, 7) is 5.50. The second-order valence-corrected chi connectivity index (χ2v) is 5.99. The molecule has 0 atom stereocenters. The smallest absolute Gasteiger partial charge is 0.169 e. The first-order chi connectivity index (χ1) is 10.3. The summed E-state index contributed by atoms with van der Waals surface area (Å²) in [7, 11) is 0. The SMILES string of the molecule is CCCCc1ccc(CCCC[n+]2ccc(C)cc2)cc1.[Br-]. The highest BCUT2D eigenvalue weighted by atomic mass is 79.9. The van der Waals surface area contributed by atoms with E-state index in [4.69, 9.17) is 0 Å². The van der Waals surface area contributed by atoms with Crippen molar-refractivity contribution in [1.29, 1.82) is 0 Å². The first-order valence-corrected chi connectivity index (χ1v) is 8.31. The minimum atomic E-state index is 0. The van der Waals surface area contributed by atoms with Crippen molar-refractivity contribution >= 4 is 0 Å². The summed E-state index contributed by atoms with van der Waals surface area (Å²) in [5, 5.41) is 0. The molecule has 22 heavy (non-hydrogen) atoms. The van der Waals surface area contributed by atoms with E-state index in [1.807, 2.05) is 0 Å². The van der Waals surface area contributed by atoms with Crippen LogP contribution in [-0.4, -0.2) is 0 Å². The summed E-state index contributed by atoms with van der Waals surface area (Å²) in [6.07, 6.45) is 11.9. The highest BCUT2D eigenvalue weighted by molar-refractivity contribution is 5.22. The zero-order valence-corrected chi connectivity index (χ0v) is 15.5. The molecule has 1 aromatic carbocycles. The van der Waals surface area contributed by atoms with E-state index in [9.17, 15) is 0 Å². The number of aromatic nitrogens is 1. The molecule has 0 N–H and O–H groups in total. The van der Waals surface area contributed by atoms with Gasteiger partial charge in [-0.1, -0.05) is 37.6 Å². The summed E-state index contributed by atoms with van der Waals surface area (Å²) < 4.78 is 2.28. The van der Waals surface area contributed by atoms with E-state index in [2.05, 4.69) is 67.2 Å². The predicted molar refractivity (Wildman–Crippen MR) is 89.4 cm³/mol. The number of benzene rings is 1. The summed E-state index contributed by atoms with van der Waals surface area (Å²) >= 11 is 0. The summed E-state index contributed by atoms with van der Waals surface area (Å²) in [5.74, 6) is 0. The zero-order chi connectivity index (χ0) is 14.9. The van der Waals surface area contributed by atoms with Crippen molar-refractivity contribution < 1.29 is 21.5 Å². The highest BCUT2D eigenvalue weighted by Crippen LogP contribution is 2.10. The second-order valence-electron chi connectivity index (χ2n) is 5.99. The fraction of sp³-hybridized carbons (Fsp3) is 0.450. The molecule has 0 spiro atoms. The molecule has 0 saturated carbocycles. The van der Waals surface area contributed by atoms with Crippen LogP contribution in [-0.2, 0) is 19.4 Å². The van der Waals surface area contributed by atoms with E-state index in [-0.39, 0.29) is 17.0 Å². The number of aryl methyl sites for hydroxylation is 4. The molecule has 0 aliphatic rings. The molecule has 2 heteroatoms. The third-order valence-electron chi connectivity index (χ3n) is 4.03. The maximum absolute atomic E-state index is 2.31. The summed E-state index contributed by atoms with van der Waals surface area (Å²) in [6, 6.07) is 13.6. The lowest BCUT2D eigenvalue weighted by molar-refractivity contribution is -0.697. The number of rotatable bonds is 8. The van der Waals surface area contributed by atoms with Crippen LogP contribution < -0.4 is 21.5 Å². The largest absolute Gasteiger partial charge is 1.00 e. The van der Waals surface area contributed by atoms with E-state index in [1.165, 1.54) is 55.2 Å². The Balaban J connectivity index is 0.00000242. The molecule has 1 aromatic heterocycles. The standard InChI is InChI=1S/C20H28N.BrH/c1-3-4-7-19-9-11-20(12-10-19)8-5-6-15-21-16-13-18(2)14-17-21;/h9-14,16-17H,3-8,15H2,1-2H3;1H/q+1;/p-1. The topological polar surface area (TPSA) is 3.88 Å². The number of hydrogen-bond donors (Lipinski definition) is 0. The maximum Gasteiger partial charge on any atom is 0.169 e. The van der Waals surface area contributed by atoms with Crippen molar-refractivity contribution in [1.82, 2.24) is 0 Å². The summed E-state index contributed by atoms with van der Waals surface area (Å²) in [5.41, 5.74) is 4.29. The van der Waals surface area contributed by atoms with E-state index in [1.54, 1.807) is 0 Å². The predicted octanol–water partition coefficient (Wildman–Crippen LogP) is 1.65. The molecular formula is C20H28BrN. The van der Waals surface area contributed by atoms with Gasteiger partial charge in [-0.3, -0.25) is 0 Å². The van der Waals surface area contributed by atoms with E-state index < -0.39 is 0 Å². The normalized spacial score (nSPS) is 10.3. The van der Waals surface area contributed by atoms with Crippen LogP contribution in [0.4, 0.5) is 0 Å². The fourth-order valence-corrected chi connectivity index (χ4v) is 2.56. The second kappa shape index (κ2) is 10.6. The highest BCUT2D eigenvalue weighted by Gasteiger charge is 2.00. The van der Waals surface area contributed by atoms with Crippen LogP contribution in [0.3, 0.4) is 0 Å². The Morgan fingerprint density at radius 3 is 1.86 bits per heavy atom. The molecule has 2 aromatic rings. The Kier molecular flexibility index (Phi) is 9.07. The van der Waals surface area contributed by atoms with Gasteiger partial charge in [0.05, 0.1) is 0 Å². The van der Waals surface area contributed by atoms with Crippen molar-refractivity contribution in [2.24, 2.45) is 0 Å². The number of hydrogen-bond acceptors (Lipinski definition) is 0. The van der Waals surface area contributed by atoms with Crippen molar-refractivity contribution in [3.63, 3.8) is 0 Å². The molecule has 0 radical (unpaired) electrons. The van der Waals surface area contributed by atoms with Gasteiger partial charge in [0.25, 0.3) is 0 Å². The van der Waals surface area contributed by atoms with Crippen molar-refractivity contribution in [3.05, 3.63) is 65.5 Å². The van der Waals surface area contributed by atoms with Gasteiger partial charge in [-0.2, -0.15) is 0 Å². The molecule has 1 heterocycles. The van der Waals surface area contributed by atoms with Crippen LogP contribution >= 0.6 is 0 Å². The molecule has 0 fully saturated rings. The van der Waals surface area contributed by atoms with Gasteiger partial charge in [-0.15, -0.1) is 0 Å². The molecule has 2 rings (SSSR count). The Labute approximate surface area is 146 Å². The van der Waals surface area contributed by atoms with Gasteiger partial charge in [0, 0.05) is 18.6 Å². The Bertz CT molecular complexity index is 516. The maximum atomic E-state index is 2.31. The molecule has 0 bridgehead atoms. The van der Waals surface area contributed by atoms with E-state index in [0.29, 0.717) is 0 Å². The third kappa shape index (κ3) is 6.74. The van der Waals surface area contributed by atoms with Crippen LogP contribution in [0.2, 0.25) is 0 Å². The van der Waals surface area contributed by atoms with Crippen LogP contribution in [0.25, 0.3) is 0 Å². The Hall–Kier alpha value is -1.15. The van der Waals surface area contributed by atoms with Gasteiger partial charge >= 0.3 is 0 Å². The lowest BCUT2D eigenvalue weighted by atomic mass is 10.0. The Morgan fingerprint density at radius 1 is 0.773 bits per heavy atom. The molecule has 0 amide bonds. The van der Waals surface area contributed by atoms with Crippen molar-refractivity contribution in [2.45, 2.75) is 58.9 Å². The molecule has 0 aliphatic heterocycles. The minimum Gasteiger partial charge on any atom is -1.00 e. The average molecular weight is 362 g/mol. The van der Waals surface area contributed by atoms with Crippen molar-refractivity contribution in [2.75, 3.05) is 0 Å². The Morgan fingerprint density at radius 2 is 1.32 bits per heavy atom. The molecular weight excluding hydrogens is 334 g/mol. The fourth-order valence-electron chi connectivity index (χ4n) is 2.56.